The molecule has 0 radical (unpaired) electrons. The fourth-order valence-electron chi connectivity index (χ4n) is 9.84. The molecule has 4 fully saturated rings. The fraction of sp³-hybridized carbons (Fsp3) is 0.862. The van der Waals surface area contributed by atoms with Crippen LogP contribution in [0.1, 0.15) is 64.7 Å². The van der Waals surface area contributed by atoms with Crippen LogP contribution in [0.2, 0.25) is 0 Å². The minimum absolute atomic E-state index is 0.0424. The molecule has 0 aromatic carbocycles. The maximum atomic E-state index is 12.8. The van der Waals surface area contributed by atoms with Gasteiger partial charge in [-0.05, 0) is 75.7 Å². The Labute approximate surface area is 231 Å². The van der Waals surface area contributed by atoms with Gasteiger partial charge in [0.1, 0.15) is 5.60 Å². The number of carboxylic acid groups (broad SMARTS) is 1. The average molecular weight is 549 g/mol. The number of nitrogens with zero attached hydrogens (tertiary/aromatic N) is 1. The van der Waals surface area contributed by atoms with Crippen LogP contribution in [0.3, 0.4) is 0 Å². The monoisotopic (exact) mass is 548 g/mol. The van der Waals surface area contributed by atoms with Crippen LogP contribution in [0.5, 0.6) is 0 Å². The van der Waals surface area contributed by atoms with Crippen molar-refractivity contribution < 1.29 is 34.9 Å². The molecule has 220 valence electrons. The van der Waals surface area contributed by atoms with Crippen molar-refractivity contribution in [1.29, 1.82) is 0 Å². The van der Waals surface area contributed by atoms with Crippen LogP contribution in [0.15, 0.2) is 16.1 Å². The number of guanidine groups is 1. The van der Waals surface area contributed by atoms with Crippen LogP contribution in [-0.4, -0.2) is 91.5 Å². The maximum absolute atomic E-state index is 12.8. The Morgan fingerprint density at radius 3 is 2.77 bits per heavy atom. The molecular formula is C29H48N4O6. The van der Waals surface area contributed by atoms with Crippen LogP contribution in [0.4, 0.5) is 0 Å². The highest BCUT2D eigenvalue weighted by Crippen LogP contribution is 2.76. The third-order valence-corrected chi connectivity index (χ3v) is 11.3. The summed E-state index contributed by atoms with van der Waals surface area (Å²) in [6, 6.07) is 0. The zero-order valence-corrected chi connectivity index (χ0v) is 23.6. The molecule has 2 spiro atoms. The fourth-order valence-corrected chi connectivity index (χ4v) is 9.84. The van der Waals surface area contributed by atoms with Gasteiger partial charge < -0.3 is 41.0 Å². The molecule has 1 heterocycles. The van der Waals surface area contributed by atoms with Gasteiger partial charge >= 0.3 is 0 Å². The molecule has 0 amide bonds. The van der Waals surface area contributed by atoms with E-state index in [1.54, 1.807) is 7.05 Å². The lowest BCUT2D eigenvalue weighted by Crippen LogP contribution is -3.19. The lowest BCUT2D eigenvalue weighted by Gasteiger charge is -2.60. The topological polar surface area (TPSA) is 165 Å². The predicted molar refractivity (Wildman–Crippen MR) is 143 cm³/mol. The first-order chi connectivity index (χ1) is 18.6. The molecule has 10 nitrogen and oxygen atoms in total. The van der Waals surface area contributed by atoms with Crippen LogP contribution in [-0.2, 0) is 9.53 Å². The van der Waals surface area contributed by atoms with E-state index in [1.807, 2.05) is 0 Å². The van der Waals surface area contributed by atoms with Crippen molar-refractivity contribution in [3.05, 3.63) is 11.1 Å². The predicted octanol–water partition coefficient (Wildman–Crippen LogP) is -1.66. The summed E-state index contributed by atoms with van der Waals surface area (Å²) in [6.45, 7) is 5.00. The number of nitrogens with one attached hydrogen (secondary N) is 2. The van der Waals surface area contributed by atoms with Gasteiger partial charge in [0.25, 0.3) is 5.96 Å². The number of ether oxygens (including phenoxy) is 1. The number of nitrogens with two attached hydrogens (primary N) is 1. The number of rotatable bonds is 8. The molecule has 5 aliphatic rings. The van der Waals surface area contributed by atoms with E-state index in [0.29, 0.717) is 31.8 Å². The van der Waals surface area contributed by atoms with Crippen molar-refractivity contribution >= 4 is 11.9 Å². The highest BCUT2D eigenvalue weighted by atomic mass is 16.5. The number of aliphatic hydroxyl groups excluding tert-OH is 2. The number of likely N-dealkylation sites (tertiary alicyclic amines) is 1. The summed E-state index contributed by atoms with van der Waals surface area (Å²) in [5, 5.41) is 48.1. The molecule has 7 N–H and O–H groups in total. The average Bonchev–Trinajstić information content (AvgIpc) is 3.26. The van der Waals surface area contributed by atoms with Crippen molar-refractivity contribution in [3.8, 4) is 0 Å². The lowest BCUT2D eigenvalue weighted by atomic mass is 9.45. The van der Waals surface area contributed by atoms with E-state index in [2.05, 4.69) is 17.2 Å². The molecule has 3 saturated carbocycles. The van der Waals surface area contributed by atoms with Crippen LogP contribution in [0.25, 0.3) is 0 Å². The summed E-state index contributed by atoms with van der Waals surface area (Å²) >= 11 is 0. The number of piperidine rings is 1. The summed E-state index contributed by atoms with van der Waals surface area (Å²) in [5.74, 6) is -0.0367. The molecular weight excluding hydrogens is 500 g/mol. The van der Waals surface area contributed by atoms with Gasteiger partial charge in [0, 0.05) is 36.4 Å². The smallest absolute Gasteiger partial charge is 0.293 e. The molecule has 1 unspecified atom stereocenters. The van der Waals surface area contributed by atoms with Crippen molar-refractivity contribution in [1.82, 2.24) is 5.32 Å². The number of carbonyl (C=O) groups excluding carboxylic acids is 1. The van der Waals surface area contributed by atoms with Gasteiger partial charge in [-0.15, -0.1) is 0 Å². The highest BCUT2D eigenvalue weighted by molar-refractivity contribution is 5.90. The minimum Gasteiger partial charge on any atom is -0.545 e. The SMILES string of the molecule is CN=C(N)[NH+]1CC[C@H](CNCCO)[C@@]2(C1)[C@@H]1CC[C@@H](C)[C@]23C[C@](O)(CO[C@H]2CCC[C@H](O)C2)C(C(=O)[O-])=C3C1. The van der Waals surface area contributed by atoms with E-state index in [-0.39, 0.29) is 48.1 Å². The molecule has 10 heteroatoms. The Morgan fingerprint density at radius 1 is 1.28 bits per heavy atom. The van der Waals surface area contributed by atoms with Gasteiger partial charge in [-0.25, -0.2) is 4.99 Å². The van der Waals surface area contributed by atoms with E-state index in [0.717, 1.165) is 68.6 Å². The van der Waals surface area contributed by atoms with Crippen LogP contribution >= 0.6 is 0 Å². The molecule has 4 aliphatic carbocycles. The van der Waals surface area contributed by atoms with Gasteiger partial charge in [0.2, 0.25) is 0 Å². The third kappa shape index (κ3) is 4.55. The lowest BCUT2D eigenvalue weighted by molar-refractivity contribution is -0.828. The molecule has 2 bridgehead atoms. The first-order valence-electron chi connectivity index (χ1n) is 15.0. The van der Waals surface area contributed by atoms with Gasteiger partial charge in [0.15, 0.2) is 0 Å². The number of hydrogen-bond acceptors (Lipinski definition) is 8. The van der Waals surface area contributed by atoms with Crippen LogP contribution < -0.4 is 21.1 Å². The third-order valence-electron chi connectivity index (χ3n) is 11.3. The molecule has 5 rings (SSSR count). The molecule has 39 heavy (non-hydrogen) atoms. The van der Waals surface area contributed by atoms with Gasteiger partial charge in [-0.3, -0.25) is 4.90 Å². The van der Waals surface area contributed by atoms with E-state index in [1.165, 1.54) is 0 Å². The summed E-state index contributed by atoms with van der Waals surface area (Å²) in [4.78, 5) is 18.3. The van der Waals surface area contributed by atoms with E-state index in [9.17, 15) is 25.2 Å². The first kappa shape index (κ1) is 29.0. The van der Waals surface area contributed by atoms with E-state index >= 15 is 0 Å². The molecule has 0 aromatic heterocycles. The Kier molecular flexibility index (Phi) is 8.18. The summed E-state index contributed by atoms with van der Waals surface area (Å²) in [7, 11) is 1.72. The highest BCUT2D eigenvalue weighted by Gasteiger charge is 2.75. The number of carboxylic acids is 1. The summed E-state index contributed by atoms with van der Waals surface area (Å²) in [5.41, 5.74) is 4.88. The summed E-state index contributed by atoms with van der Waals surface area (Å²) < 4.78 is 6.19. The zero-order valence-electron chi connectivity index (χ0n) is 23.6. The number of hydrogen-bond donors (Lipinski definition) is 6. The number of carbonyl (C=O) groups is 1. The molecule has 9 atom stereocenters. The molecule has 1 aliphatic heterocycles. The van der Waals surface area contributed by atoms with E-state index < -0.39 is 23.1 Å². The van der Waals surface area contributed by atoms with Crippen molar-refractivity contribution in [2.75, 3.05) is 46.4 Å². The quantitative estimate of drug-likeness (QED) is 0.119. The Balaban J connectivity index is 1.57. The van der Waals surface area contributed by atoms with Crippen molar-refractivity contribution in [2.45, 2.75) is 82.5 Å². The number of aliphatic carboxylic acids is 1. The van der Waals surface area contributed by atoms with Gasteiger partial charge in [0.05, 0.1) is 44.5 Å². The maximum Gasteiger partial charge on any atom is 0.293 e. The zero-order chi connectivity index (χ0) is 28.0. The second-order valence-corrected chi connectivity index (χ2v) is 13.0. The largest absolute Gasteiger partial charge is 0.545 e. The standard InChI is InChI=1S/C29H48N4O6/c1-18-6-7-19-12-23-24(25(36)37)27(38,17-39-22-5-3-4-21(35)13-22)15-28(18,23)29(19)16-33(26(30)31-2)10-8-20(29)14-32-9-11-34/h18-22,32,34-35,38H,3-17H2,1-2H3,(H2,30,31)(H,36,37)/t18-,19-,20-,21+,22+,27+,28+,29-/m1/s1. The van der Waals surface area contributed by atoms with Crippen LogP contribution in [0, 0.1) is 28.6 Å². The number of allylic oxidation sites excluding steroid dienone is 1. The Hall–Kier alpha value is -1.56. The van der Waals surface area contributed by atoms with E-state index in [4.69, 9.17) is 10.5 Å². The molecule has 0 aromatic rings. The number of quaternary nitrogens is 1. The van der Waals surface area contributed by atoms with Gasteiger partial charge in [-0.2, -0.15) is 0 Å². The van der Waals surface area contributed by atoms with Crippen molar-refractivity contribution in [3.63, 3.8) is 0 Å². The second-order valence-electron chi connectivity index (χ2n) is 13.0. The summed E-state index contributed by atoms with van der Waals surface area (Å²) in [6.07, 6.45) is 6.12. The first-order valence-corrected chi connectivity index (χ1v) is 15.0. The van der Waals surface area contributed by atoms with Crippen molar-refractivity contribution in [2.24, 2.45) is 39.3 Å². The number of aliphatic hydroxyl groups is 3. The Morgan fingerprint density at radius 2 is 2.08 bits per heavy atom. The normalized spacial score (nSPS) is 44.2. The van der Waals surface area contributed by atoms with Gasteiger partial charge in [-0.1, -0.05) is 12.5 Å². The Bertz CT molecular complexity index is 1000. The molecule has 1 saturated heterocycles. The second kappa shape index (κ2) is 11.0. The number of aliphatic imine (C=N–C) groups is 1. The minimum atomic E-state index is -1.65.